The molecule has 0 bridgehead atoms. The highest BCUT2D eigenvalue weighted by Crippen LogP contribution is 2.41. The van der Waals surface area contributed by atoms with Crippen molar-refractivity contribution in [3.63, 3.8) is 0 Å². The minimum atomic E-state index is -1.12. The van der Waals surface area contributed by atoms with Crippen LogP contribution in [0.1, 0.15) is 17.2 Å². The normalized spacial score (nSPS) is 12.1. The van der Waals surface area contributed by atoms with Crippen LogP contribution in [0.15, 0.2) is 95.4 Å². The Labute approximate surface area is 151 Å². The number of halogens is 1. The molecule has 0 aliphatic rings. The summed E-state index contributed by atoms with van der Waals surface area (Å²) < 4.78 is 21.3. The first-order valence-corrected chi connectivity index (χ1v) is 8.41. The van der Waals surface area contributed by atoms with Crippen LogP contribution >= 0.6 is 0 Å². The summed E-state index contributed by atoms with van der Waals surface area (Å²) in [6.45, 7) is 0. The molecule has 1 N–H and O–H groups in total. The molecule has 0 saturated carbocycles. The molecule has 1 aromatic heterocycles. The third kappa shape index (κ3) is 2.93. The number of rotatable bonds is 4. The van der Waals surface area contributed by atoms with Crippen molar-refractivity contribution in [3.8, 4) is 22.6 Å². The molecule has 3 aromatic carbocycles. The van der Waals surface area contributed by atoms with Gasteiger partial charge in [-0.2, -0.15) is 0 Å². The molecule has 0 aliphatic carbocycles. The summed E-state index contributed by atoms with van der Waals surface area (Å²) in [6.07, 6.45) is -1.12. The minimum Gasteiger partial charge on any atom is -0.452 e. The molecule has 0 amide bonds. The van der Waals surface area contributed by atoms with E-state index >= 15 is 4.39 Å². The van der Waals surface area contributed by atoms with Crippen LogP contribution in [-0.4, -0.2) is 5.11 Å². The molecule has 26 heavy (non-hydrogen) atoms. The van der Waals surface area contributed by atoms with E-state index in [1.54, 1.807) is 24.3 Å². The summed E-state index contributed by atoms with van der Waals surface area (Å²) in [6, 6.07) is 27.4. The first-order valence-electron chi connectivity index (χ1n) is 8.41. The number of benzene rings is 3. The van der Waals surface area contributed by atoms with E-state index in [2.05, 4.69) is 0 Å². The van der Waals surface area contributed by atoms with Crippen molar-refractivity contribution in [1.29, 1.82) is 0 Å². The van der Waals surface area contributed by atoms with Crippen molar-refractivity contribution < 1.29 is 13.9 Å². The molecule has 3 heteroatoms. The van der Waals surface area contributed by atoms with Crippen LogP contribution in [0, 0.1) is 5.82 Å². The molecule has 0 fully saturated rings. The Hall–Kier alpha value is -3.17. The Bertz CT molecular complexity index is 993. The van der Waals surface area contributed by atoms with Gasteiger partial charge in [0.05, 0.1) is 5.56 Å². The highest BCUT2D eigenvalue weighted by molar-refractivity contribution is 5.70. The first kappa shape index (κ1) is 16.3. The van der Waals surface area contributed by atoms with Crippen molar-refractivity contribution in [2.24, 2.45) is 0 Å². The first-order chi connectivity index (χ1) is 12.8. The Balaban J connectivity index is 1.92. The number of hydrogen-bond donors (Lipinski definition) is 1. The Morgan fingerprint density at radius 1 is 0.654 bits per heavy atom. The fourth-order valence-corrected chi connectivity index (χ4v) is 3.05. The minimum absolute atomic E-state index is 0.134. The summed E-state index contributed by atoms with van der Waals surface area (Å²) >= 11 is 0. The molecule has 1 unspecified atom stereocenters. The van der Waals surface area contributed by atoms with Gasteiger partial charge in [-0.05, 0) is 5.56 Å². The Morgan fingerprint density at radius 3 is 1.65 bits per heavy atom. The Kier molecular flexibility index (Phi) is 4.38. The average Bonchev–Trinajstić information content (AvgIpc) is 3.06. The zero-order valence-electron chi connectivity index (χ0n) is 14.0. The maximum atomic E-state index is 15.3. The molecular formula is C23H17FO2. The standard InChI is InChI=1S/C23H17FO2/c24-20-19(21(25)16-10-4-1-5-11-16)22(17-12-6-2-7-13-17)26-23(20)18-14-8-3-9-15-18/h1-15,21,25H. The quantitative estimate of drug-likeness (QED) is 0.505. The summed E-state index contributed by atoms with van der Waals surface area (Å²) in [5, 5.41) is 10.9. The number of hydrogen-bond acceptors (Lipinski definition) is 2. The van der Waals surface area contributed by atoms with Crippen LogP contribution in [0.25, 0.3) is 22.6 Å². The van der Waals surface area contributed by atoms with Gasteiger partial charge in [0.15, 0.2) is 11.6 Å². The molecule has 0 aliphatic heterocycles. The monoisotopic (exact) mass is 344 g/mol. The van der Waals surface area contributed by atoms with Gasteiger partial charge in [-0.1, -0.05) is 91.0 Å². The van der Waals surface area contributed by atoms with Crippen molar-refractivity contribution in [2.75, 3.05) is 0 Å². The van der Waals surface area contributed by atoms with E-state index in [0.717, 1.165) is 5.56 Å². The predicted molar refractivity (Wildman–Crippen MR) is 100 cm³/mol. The van der Waals surface area contributed by atoms with E-state index in [-0.39, 0.29) is 11.3 Å². The van der Waals surface area contributed by atoms with E-state index in [9.17, 15) is 5.11 Å². The maximum absolute atomic E-state index is 15.3. The van der Waals surface area contributed by atoms with Gasteiger partial charge in [-0.3, -0.25) is 0 Å². The van der Waals surface area contributed by atoms with Crippen molar-refractivity contribution in [3.05, 3.63) is 108 Å². The van der Waals surface area contributed by atoms with Crippen molar-refractivity contribution >= 4 is 0 Å². The smallest absolute Gasteiger partial charge is 0.176 e. The number of furan rings is 1. The summed E-state index contributed by atoms with van der Waals surface area (Å²) in [5.74, 6) is -0.0563. The molecule has 0 spiro atoms. The highest BCUT2D eigenvalue weighted by Gasteiger charge is 2.28. The van der Waals surface area contributed by atoms with E-state index in [4.69, 9.17) is 4.42 Å². The molecule has 0 radical (unpaired) electrons. The van der Waals surface area contributed by atoms with Crippen molar-refractivity contribution in [2.45, 2.75) is 6.10 Å². The molecule has 1 heterocycles. The largest absolute Gasteiger partial charge is 0.452 e. The van der Waals surface area contributed by atoms with Gasteiger partial charge in [-0.25, -0.2) is 4.39 Å². The lowest BCUT2D eigenvalue weighted by Crippen LogP contribution is -2.02. The van der Waals surface area contributed by atoms with Crippen LogP contribution in [0.3, 0.4) is 0 Å². The maximum Gasteiger partial charge on any atom is 0.176 e. The van der Waals surface area contributed by atoms with Gasteiger partial charge < -0.3 is 9.52 Å². The average molecular weight is 344 g/mol. The second-order valence-corrected chi connectivity index (χ2v) is 6.03. The molecule has 0 saturated heterocycles. The second-order valence-electron chi connectivity index (χ2n) is 6.03. The fourth-order valence-electron chi connectivity index (χ4n) is 3.05. The van der Waals surface area contributed by atoms with Gasteiger partial charge in [0.2, 0.25) is 0 Å². The van der Waals surface area contributed by atoms with E-state index < -0.39 is 11.9 Å². The molecule has 2 nitrogen and oxygen atoms in total. The second kappa shape index (κ2) is 6.98. The van der Waals surface area contributed by atoms with E-state index in [1.165, 1.54) is 0 Å². The number of aliphatic hydroxyl groups excluding tert-OH is 1. The zero-order valence-corrected chi connectivity index (χ0v) is 14.0. The topological polar surface area (TPSA) is 33.4 Å². The summed E-state index contributed by atoms with van der Waals surface area (Å²) in [7, 11) is 0. The zero-order chi connectivity index (χ0) is 17.9. The molecule has 128 valence electrons. The molecule has 4 rings (SSSR count). The Morgan fingerprint density at radius 2 is 1.12 bits per heavy atom. The number of aliphatic hydroxyl groups is 1. The summed E-state index contributed by atoms with van der Waals surface area (Å²) in [4.78, 5) is 0. The van der Waals surface area contributed by atoms with Gasteiger partial charge in [-0.15, -0.1) is 0 Å². The highest BCUT2D eigenvalue weighted by atomic mass is 19.1. The van der Waals surface area contributed by atoms with Gasteiger partial charge in [0, 0.05) is 11.1 Å². The van der Waals surface area contributed by atoms with Gasteiger partial charge >= 0.3 is 0 Å². The molecular weight excluding hydrogens is 327 g/mol. The van der Waals surface area contributed by atoms with Crippen LogP contribution in [0.2, 0.25) is 0 Å². The lowest BCUT2D eigenvalue weighted by Gasteiger charge is -2.11. The van der Waals surface area contributed by atoms with Gasteiger partial charge in [0.1, 0.15) is 11.9 Å². The SMILES string of the molecule is OC(c1ccccc1)c1c(-c2ccccc2)oc(-c2ccccc2)c1F. The van der Waals surface area contributed by atoms with Crippen LogP contribution in [0.4, 0.5) is 4.39 Å². The third-order valence-electron chi connectivity index (χ3n) is 4.35. The third-order valence-corrected chi connectivity index (χ3v) is 4.35. The van der Waals surface area contributed by atoms with Crippen LogP contribution in [0.5, 0.6) is 0 Å². The van der Waals surface area contributed by atoms with E-state index in [0.29, 0.717) is 16.9 Å². The van der Waals surface area contributed by atoms with Crippen molar-refractivity contribution in [1.82, 2.24) is 0 Å². The lowest BCUT2D eigenvalue weighted by molar-refractivity contribution is 0.215. The molecule has 4 aromatic rings. The molecule has 1 atom stereocenters. The lowest BCUT2D eigenvalue weighted by atomic mass is 9.98. The van der Waals surface area contributed by atoms with Crippen LogP contribution in [-0.2, 0) is 0 Å². The predicted octanol–water partition coefficient (Wildman–Crippen LogP) is 5.83. The summed E-state index contributed by atoms with van der Waals surface area (Å²) in [5.41, 5.74) is 2.12. The van der Waals surface area contributed by atoms with E-state index in [1.807, 2.05) is 66.7 Å². The van der Waals surface area contributed by atoms with Gasteiger partial charge in [0.25, 0.3) is 0 Å². The fraction of sp³-hybridized carbons (Fsp3) is 0.0435. The van der Waals surface area contributed by atoms with Crippen LogP contribution < -0.4 is 0 Å².